The minimum atomic E-state index is -0.0886. The molecule has 0 bridgehead atoms. The van der Waals surface area contributed by atoms with Crippen molar-refractivity contribution in [3.05, 3.63) is 66.7 Å². The van der Waals surface area contributed by atoms with Gasteiger partial charge in [-0.25, -0.2) is 15.0 Å². The molecule has 110 valence electrons. The summed E-state index contributed by atoms with van der Waals surface area (Å²) >= 11 is 0. The molecule has 0 saturated carbocycles. The highest BCUT2D eigenvalue weighted by Gasteiger charge is 2.18. The standard InChI is InChI=1S/C19H19N3/c1-19(2,3)18-21-13-20-17(22-18)16-11-7-10-15(12-16)14-8-5-4-6-9-14/h4-13H,1-3H3. The van der Waals surface area contributed by atoms with E-state index in [-0.39, 0.29) is 5.41 Å². The average Bonchev–Trinajstić information content (AvgIpc) is 2.55. The van der Waals surface area contributed by atoms with Crippen LogP contribution >= 0.6 is 0 Å². The summed E-state index contributed by atoms with van der Waals surface area (Å²) in [5.41, 5.74) is 3.27. The SMILES string of the molecule is CC(C)(C)c1ncnc(-c2cccc(-c3ccccc3)c2)n1. The second-order valence-corrected chi connectivity index (χ2v) is 6.33. The van der Waals surface area contributed by atoms with Crippen molar-refractivity contribution in [2.24, 2.45) is 0 Å². The monoisotopic (exact) mass is 289 g/mol. The van der Waals surface area contributed by atoms with Crippen molar-refractivity contribution in [2.45, 2.75) is 26.2 Å². The Morgan fingerprint density at radius 2 is 1.41 bits per heavy atom. The summed E-state index contributed by atoms with van der Waals surface area (Å²) in [7, 11) is 0. The van der Waals surface area contributed by atoms with Crippen molar-refractivity contribution in [2.75, 3.05) is 0 Å². The topological polar surface area (TPSA) is 38.7 Å². The quantitative estimate of drug-likeness (QED) is 0.697. The predicted molar refractivity (Wildman–Crippen MR) is 89.4 cm³/mol. The van der Waals surface area contributed by atoms with Crippen LogP contribution in [0.15, 0.2) is 60.9 Å². The lowest BCUT2D eigenvalue weighted by Crippen LogP contribution is -2.16. The van der Waals surface area contributed by atoms with Crippen molar-refractivity contribution in [3.63, 3.8) is 0 Å². The molecule has 3 heteroatoms. The van der Waals surface area contributed by atoms with Crippen LogP contribution in [0.25, 0.3) is 22.5 Å². The third-order valence-electron chi connectivity index (χ3n) is 3.47. The van der Waals surface area contributed by atoms with Gasteiger partial charge in [0.25, 0.3) is 0 Å². The van der Waals surface area contributed by atoms with Crippen LogP contribution in [0.3, 0.4) is 0 Å². The van der Waals surface area contributed by atoms with E-state index >= 15 is 0 Å². The highest BCUT2D eigenvalue weighted by molar-refractivity contribution is 5.70. The molecule has 0 unspecified atom stereocenters. The molecular weight excluding hydrogens is 270 g/mol. The molecule has 0 aliphatic heterocycles. The van der Waals surface area contributed by atoms with Gasteiger partial charge in [-0.1, -0.05) is 69.3 Å². The molecule has 0 radical (unpaired) electrons. The Bertz CT molecular complexity index is 774. The zero-order valence-electron chi connectivity index (χ0n) is 13.1. The molecule has 0 fully saturated rings. The van der Waals surface area contributed by atoms with E-state index in [9.17, 15) is 0 Å². The number of benzene rings is 2. The van der Waals surface area contributed by atoms with Crippen molar-refractivity contribution >= 4 is 0 Å². The maximum Gasteiger partial charge on any atom is 0.163 e. The van der Waals surface area contributed by atoms with Gasteiger partial charge in [0.05, 0.1) is 0 Å². The fraction of sp³-hybridized carbons (Fsp3) is 0.211. The van der Waals surface area contributed by atoms with Gasteiger partial charge in [-0.15, -0.1) is 0 Å². The Kier molecular flexibility index (Phi) is 3.72. The molecule has 0 spiro atoms. The van der Waals surface area contributed by atoms with Gasteiger partial charge in [0.15, 0.2) is 5.82 Å². The van der Waals surface area contributed by atoms with E-state index in [1.165, 1.54) is 5.56 Å². The summed E-state index contributed by atoms with van der Waals surface area (Å²) in [6.45, 7) is 6.31. The van der Waals surface area contributed by atoms with Gasteiger partial charge in [-0.2, -0.15) is 0 Å². The number of hydrogen-bond donors (Lipinski definition) is 0. The number of rotatable bonds is 2. The van der Waals surface area contributed by atoms with E-state index in [1.807, 2.05) is 30.3 Å². The van der Waals surface area contributed by atoms with E-state index in [2.05, 4.69) is 60.0 Å². The van der Waals surface area contributed by atoms with Crippen molar-refractivity contribution in [1.82, 2.24) is 15.0 Å². The van der Waals surface area contributed by atoms with Crippen LogP contribution in [0, 0.1) is 0 Å². The largest absolute Gasteiger partial charge is 0.221 e. The molecule has 3 nitrogen and oxygen atoms in total. The summed E-state index contributed by atoms with van der Waals surface area (Å²) < 4.78 is 0. The predicted octanol–water partition coefficient (Wildman–Crippen LogP) is 4.50. The van der Waals surface area contributed by atoms with Gasteiger partial charge in [0.1, 0.15) is 12.2 Å². The van der Waals surface area contributed by atoms with Gasteiger partial charge in [-0.05, 0) is 17.2 Å². The summed E-state index contributed by atoms with van der Waals surface area (Å²) in [6.07, 6.45) is 1.60. The molecule has 0 N–H and O–H groups in total. The molecule has 22 heavy (non-hydrogen) atoms. The normalized spacial score (nSPS) is 11.4. The lowest BCUT2D eigenvalue weighted by molar-refractivity contribution is 0.542. The molecule has 0 saturated heterocycles. The van der Waals surface area contributed by atoms with Crippen LogP contribution in [0.1, 0.15) is 26.6 Å². The van der Waals surface area contributed by atoms with Crippen molar-refractivity contribution in [1.29, 1.82) is 0 Å². The Hall–Kier alpha value is -2.55. The smallest absolute Gasteiger partial charge is 0.163 e. The Morgan fingerprint density at radius 1 is 0.727 bits per heavy atom. The van der Waals surface area contributed by atoms with E-state index in [0.29, 0.717) is 0 Å². The molecule has 2 aromatic carbocycles. The first-order valence-electron chi connectivity index (χ1n) is 7.39. The van der Waals surface area contributed by atoms with Gasteiger partial charge < -0.3 is 0 Å². The lowest BCUT2D eigenvalue weighted by atomic mass is 9.96. The fourth-order valence-corrected chi connectivity index (χ4v) is 2.27. The molecule has 0 aliphatic rings. The highest BCUT2D eigenvalue weighted by Crippen LogP contribution is 2.25. The van der Waals surface area contributed by atoms with Crippen LogP contribution in [0.5, 0.6) is 0 Å². The molecule has 3 rings (SSSR count). The number of nitrogens with zero attached hydrogens (tertiary/aromatic N) is 3. The summed E-state index contributed by atoms with van der Waals surface area (Å²) in [5.74, 6) is 1.53. The van der Waals surface area contributed by atoms with Crippen molar-refractivity contribution < 1.29 is 0 Å². The van der Waals surface area contributed by atoms with E-state index in [1.54, 1.807) is 6.33 Å². The molecule has 0 amide bonds. The molecular formula is C19H19N3. The molecule has 1 aromatic heterocycles. The maximum atomic E-state index is 4.63. The Morgan fingerprint density at radius 3 is 2.14 bits per heavy atom. The molecule has 3 aromatic rings. The molecule has 0 atom stereocenters. The van der Waals surface area contributed by atoms with E-state index in [4.69, 9.17) is 0 Å². The van der Waals surface area contributed by atoms with Crippen molar-refractivity contribution in [3.8, 4) is 22.5 Å². The van der Waals surface area contributed by atoms with Crippen LogP contribution in [0.2, 0.25) is 0 Å². The third kappa shape index (κ3) is 3.03. The fourth-order valence-electron chi connectivity index (χ4n) is 2.27. The summed E-state index contributed by atoms with van der Waals surface area (Å²) in [5, 5.41) is 0. The summed E-state index contributed by atoms with van der Waals surface area (Å²) in [6, 6.07) is 18.6. The number of aromatic nitrogens is 3. The first-order valence-corrected chi connectivity index (χ1v) is 7.39. The minimum absolute atomic E-state index is 0.0886. The van der Waals surface area contributed by atoms with Crippen LogP contribution in [-0.2, 0) is 5.41 Å². The first kappa shape index (κ1) is 14.4. The van der Waals surface area contributed by atoms with Gasteiger partial charge >= 0.3 is 0 Å². The number of hydrogen-bond acceptors (Lipinski definition) is 3. The van der Waals surface area contributed by atoms with Crippen LogP contribution < -0.4 is 0 Å². The van der Waals surface area contributed by atoms with E-state index in [0.717, 1.165) is 22.8 Å². The van der Waals surface area contributed by atoms with Gasteiger partial charge in [-0.3, -0.25) is 0 Å². The first-order chi connectivity index (χ1) is 10.5. The summed E-state index contributed by atoms with van der Waals surface area (Å²) in [4.78, 5) is 13.3. The Balaban J connectivity index is 2.03. The zero-order chi connectivity index (χ0) is 15.6. The third-order valence-corrected chi connectivity index (χ3v) is 3.47. The molecule has 1 heterocycles. The molecule has 0 aliphatic carbocycles. The van der Waals surface area contributed by atoms with Crippen LogP contribution in [-0.4, -0.2) is 15.0 Å². The average molecular weight is 289 g/mol. The maximum absolute atomic E-state index is 4.63. The minimum Gasteiger partial charge on any atom is -0.221 e. The Labute approximate surface area is 131 Å². The second kappa shape index (κ2) is 5.68. The van der Waals surface area contributed by atoms with Gasteiger partial charge in [0, 0.05) is 11.0 Å². The highest BCUT2D eigenvalue weighted by atomic mass is 15.0. The zero-order valence-corrected chi connectivity index (χ0v) is 13.1. The lowest BCUT2D eigenvalue weighted by Gasteiger charge is -2.16. The van der Waals surface area contributed by atoms with Gasteiger partial charge in [0.2, 0.25) is 0 Å². The van der Waals surface area contributed by atoms with Crippen LogP contribution in [0.4, 0.5) is 0 Å². The second-order valence-electron chi connectivity index (χ2n) is 6.33. The van der Waals surface area contributed by atoms with E-state index < -0.39 is 0 Å².